The van der Waals surface area contributed by atoms with Crippen molar-refractivity contribution in [1.29, 1.82) is 0 Å². The van der Waals surface area contributed by atoms with Crippen molar-refractivity contribution in [2.45, 2.75) is 6.92 Å². The Morgan fingerprint density at radius 1 is 0.933 bits per heavy atom. The topological polar surface area (TPSA) is 0 Å². The van der Waals surface area contributed by atoms with E-state index in [4.69, 9.17) is 0 Å². The summed E-state index contributed by atoms with van der Waals surface area (Å²) in [6.07, 6.45) is 0. The van der Waals surface area contributed by atoms with Crippen molar-refractivity contribution in [1.82, 2.24) is 0 Å². The Labute approximate surface area is 113 Å². The van der Waals surface area contributed by atoms with Gasteiger partial charge in [0.05, 0.1) is 0 Å². The molecular formula is C13H11ClMg. The Hall–Kier alpha value is -0.504. The average Bonchev–Trinajstić information content (AvgIpc) is 2.20. The second-order valence-corrected chi connectivity index (χ2v) is 3.09. The van der Waals surface area contributed by atoms with Crippen LogP contribution in [0.2, 0.25) is 0 Å². The van der Waals surface area contributed by atoms with Gasteiger partial charge in [-0.3, -0.25) is 0 Å². The first-order chi connectivity index (χ1) is 6.38. The van der Waals surface area contributed by atoms with Crippen LogP contribution in [-0.2, 0) is 0 Å². The largest absolute Gasteiger partial charge is 2.00 e. The van der Waals surface area contributed by atoms with Crippen LogP contribution in [0.1, 0.15) is 5.56 Å². The fourth-order valence-electron chi connectivity index (χ4n) is 1.44. The summed E-state index contributed by atoms with van der Waals surface area (Å²) in [5, 5.41) is 0. The van der Waals surface area contributed by atoms with E-state index in [1.54, 1.807) is 0 Å². The fraction of sp³-hybridized carbons (Fsp3) is 0.0769. The number of benzene rings is 2. The Morgan fingerprint density at radius 3 is 2.20 bits per heavy atom. The minimum Gasteiger partial charge on any atom is -1.00 e. The van der Waals surface area contributed by atoms with Crippen molar-refractivity contribution >= 4 is 23.1 Å². The van der Waals surface area contributed by atoms with Crippen LogP contribution in [0.4, 0.5) is 0 Å². The van der Waals surface area contributed by atoms with E-state index in [1.807, 2.05) is 18.2 Å². The molecule has 72 valence electrons. The van der Waals surface area contributed by atoms with Gasteiger partial charge >= 0.3 is 23.1 Å². The summed E-state index contributed by atoms with van der Waals surface area (Å²) in [4.78, 5) is 0. The van der Waals surface area contributed by atoms with Crippen LogP contribution in [0.15, 0.2) is 48.5 Å². The van der Waals surface area contributed by atoms with Crippen molar-refractivity contribution in [3.63, 3.8) is 0 Å². The van der Waals surface area contributed by atoms with E-state index in [2.05, 4.69) is 43.3 Å². The monoisotopic (exact) mass is 226 g/mol. The van der Waals surface area contributed by atoms with Gasteiger partial charge < -0.3 is 12.4 Å². The van der Waals surface area contributed by atoms with Gasteiger partial charge in [-0.15, -0.1) is 35.9 Å². The molecule has 0 aliphatic carbocycles. The predicted molar refractivity (Wildman–Crippen MR) is 61.2 cm³/mol. The van der Waals surface area contributed by atoms with Crippen LogP contribution in [-0.4, -0.2) is 23.1 Å². The summed E-state index contributed by atoms with van der Waals surface area (Å²) >= 11 is 0. The molecule has 2 rings (SSSR count). The molecule has 0 N–H and O–H groups in total. The van der Waals surface area contributed by atoms with Gasteiger partial charge in [0.15, 0.2) is 0 Å². The van der Waals surface area contributed by atoms with Gasteiger partial charge in [0.25, 0.3) is 0 Å². The van der Waals surface area contributed by atoms with Crippen LogP contribution in [0.25, 0.3) is 11.1 Å². The van der Waals surface area contributed by atoms with Gasteiger partial charge in [-0.05, 0) is 6.92 Å². The Bertz CT molecular complexity index is 398. The second-order valence-electron chi connectivity index (χ2n) is 3.09. The van der Waals surface area contributed by atoms with Gasteiger partial charge in [-0.2, -0.15) is 0 Å². The van der Waals surface area contributed by atoms with Gasteiger partial charge in [0, 0.05) is 0 Å². The summed E-state index contributed by atoms with van der Waals surface area (Å²) in [7, 11) is 0. The summed E-state index contributed by atoms with van der Waals surface area (Å²) in [6, 6.07) is 19.6. The molecule has 0 amide bonds. The molecule has 0 saturated carbocycles. The molecule has 0 saturated heterocycles. The molecule has 2 aromatic rings. The van der Waals surface area contributed by atoms with Crippen molar-refractivity contribution in [2.75, 3.05) is 0 Å². The maximum Gasteiger partial charge on any atom is 2.00 e. The maximum atomic E-state index is 3.23. The first-order valence-electron chi connectivity index (χ1n) is 4.40. The Balaban J connectivity index is 0.000000980. The van der Waals surface area contributed by atoms with Crippen LogP contribution in [0.5, 0.6) is 0 Å². The molecule has 0 aromatic heterocycles. The third-order valence-corrected chi connectivity index (χ3v) is 2.14. The SMILES string of the molecule is Cc1ccccc1-c1[c-]cccc1.[Cl-].[Mg+2]. The van der Waals surface area contributed by atoms with Gasteiger partial charge in [-0.1, -0.05) is 35.4 Å². The molecule has 0 radical (unpaired) electrons. The molecule has 0 heterocycles. The molecule has 0 fully saturated rings. The van der Waals surface area contributed by atoms with Crippen molar-refractivity contribution in [3.05, 3.63) is 60.2 Å². The number of rotatable bonds is 1. The molecule has 0 aliphatic rings. The summed E-state index contributed by atoms with van der Waals surface area (Å²) < 4.78 is 0. The Kier molecular flexibility index (Phi) is 6.65. The average molecular weight is 227 g/mol. The molecule has 0 aliphatic heterocycles. The van der Waals surface area contributed by atoms with Crippen molar-refractivity contribution < 1.29 is 12.4 Å². The standard InChI is InChI=1S/C13H11.ClH.Mg/c1-11-7-5-6-10-13(11)12-8-3-2-4-9-12;;/h2-8,10H,1H3;1H;/q-1;;+2/p-1. The number of halogens is 1. The predicted octanol–water partition coefficient (Wildman–Crippen LogP) is 0.0854. The molecule has 0 bridgehead atoms. The first kappa shape index (κ1) is 14.5. The number of aryl methyl sites for hydroxylation is 1. The normalized spacial score (nSPS) is 8.60. The smallest absolute Gasteiger partial charge is 1.00 e. The molecule has 0 spiro atoms. The number of hydrogen-bond donors (Lipinski definition) is 0. The second kappa shape index (κ2) is 6.88. The van der Waals surface area contributed by atoms with E-state index < -0.39 is 0 Å². The molecule has 0 unspecified atom stereocenters. The summed E-state index contributed by atoms with van der Waals surface area (Å²) in [5.74, 6) is 0. The van der Waals surface area contributed by atoms with E-state index in [0.29, 0.717) is 0 Å². The van der Waals surface area contributed by atoms with Crippen LogP contribution in [0, 0.1) is 13.0 Å². The minimum atomic E-state index is 0. The van der Waals surface area contributed by atoms with Crippen LogP contribution >= 0.6 is 0 Å². The van der Waals surface area contributed by atoms with Crippen LogP contribution < -0.4 is 12.4 Å². The molecular weight excluding hydrogens is 216 g/mol. The van der Waals surface area contributed by atoms with E-state index in [-0.39, 0.29) is 35.5 Å². The zero-order valence-corrected chi connectivity index (χ0v) is 10.9. The van der Waals surface area contributed by atoms with E-state index >= 15 is 0 Å². The minimum absolute atomic E-state index is 0. The first-order valence-corrected chi connectivity index (χ1v) is 4.40. The quantitative estimate of drug-likeness (QED) is 0.478. The fourth-order valence-corrected chi connectivity index (χ4v) is 1.44. The molecule has 0 nitrogen and oxygen atoms in total. The summed E-state index contributed by atoms with van der Waals surface area (Å²) in [5.41, 5.74) is 3.73. The molecule has 2 aromatic carbocycles. The van der Waals surface area contributed by atoms with Gasteiger partial charge in [0.1, 0.15) is 0 Å². The third kappa shape index (κ3) is 3.52. The third-order valence-electron chi connectivity index (χ3n) is 2.14. The molecule has 15 heavy (non-hydrogen) atoms. The zero-order chi connectivity index (χ0) is 9.10. The Morgan fingerprint density at radius 2 is 1.60 bits per heavy atom. The van der Waals surface area contributed by atoms with E-state index in [9.17, 15) is 0 Å². The van der Waals surface area contributed by atoms with E-state index in [1.165, 1.54) is 16.7 Å². The van der Waals surface area contributed by atoms with Crippen LogP contribution in [0.3, 0.4) is 0 Å². The van der Waals surface area contributed by atoms with Crippen molar-refractivity contribution in [2.24, 2.45) is 0 Å². The zero-order valence-electron chi connectivity index (χ0n) is 8.70. The summed E-state index contributed by atoms with van der Waals surface area (Å²) in [6.45, 7) is 2.12. The van der Waals surface area contributed by atoms with Gasteiger partial charge in [0.2, 0.25) is 0 Å². The van der Waals surface area contributed by atoms with E-state index in [0.717, 1.165) is 0 Å². The number of hydrogen-bond acceptors (Lipinski definition) is 0. The van der Waals surface area contributed by atoms with Crippen molar-refractivity contribution in [3.8, 4) is 11.1 Å². The maximum absolute atomic E-state index is 3.23. The molecule has 2 heteroatoms. The van der Waals surface area contributed by atoms with Gasteiger partial charge in [-0.25, -0.2) is 0 Å². The molecule has 0 atom stereocenters.